The summed E-state index contributed by atoms with van der Waals surface area (Å²) in [5, 5.41) is 9.49. The maximum atomic E-state index is 9.49. The normalized spacial score (nSPS) is 31.8. The van der Waals surface area contributed by atoms with Gasteiger partial charge in [-0.15, -0.1) is 0 Å². The van der Waals surface area contributed by atoms with E-state index in [-0.39, 0.29) is 11.5 Å². The van der Waals surface area contributed by atoms with Crippen LogP contribution in [0.5, 0.6) is 5.75 Å². The molecule has 3 heteroatoms. The van der Waals surface area contributed by atoms with Crippen LogP contribution in [0.2, 0.25) is 0 Å². The van der Waals surface area contributed by atoms with E-state index < -0.39 is 0 Å². The van der Waals surface area contributed by atoms with E-state index in [1.807, 2.05) is 6.07 Å². The Morgan fingerprint density at radius 2 is 2.25 bits per heavy atom. The Kier molecular flexibility index (Phi) is 2.19. The first-order valence-corrected chi connectivity index (χ1v) is 5.88. The monoisotopic (exact) mass is 219 g/mol. The van der Waals surface area contributed by atoms with Crippen LogP contribution >= 0.6 is 0 Å². The number of aliphatic hydroxyl groups excluding tert-OH is 1. The second kappa shape index (κ2) is 3.47. The van der Waals surface area contributed by atoms with Crippen molar-refractivity contribution in [3.8, 4) is 5.75 Å². The van der Waals surface area contributed by atoms with Crippen LogP contribution in [-0.4, -0.2) is 24.4 Å². The molecule has 0 saturated heterocycles. The Balaban J connectivity index is 1.94. The molecule has 1 saturated carbocycles. The first kappa shape index (κ1) is 10.1. The predicted molar refractivity (Wildman–Crippen MR) is 61.6 cm³/mol. The lowest BCUT2D eigenvalue weighted by Gasteiger charge is -2.45. The molecule has 0 amide bonds. The van der Waals surface area contributed by atoms with Crippen molar-refractivity contribution >= 4 is 0 Å². The van der Waals surface area contributed by atoms with E-state index in [2.05, 4.69) is 12.1 Å². The quantitative estimate of drug-likeness (QED) is 0.779. The first-order valence-electron chi connectivity index (χ1n) is 5.88. The number of hydrogen-bond acceptors (Lipinski definition) is 3. The van der Waals surface area contributed by atoms with Gasteiger partial charge in [-0.1, -0.05) is 12.1 Å². The Hall–Kier alpha value is -1.06. The summed E-state index contributed by atoms with van der Waals surface area (Å²) in [6, 6.07) is 6.35. The zero-order valence-corrected chi connectivity index (χ0v) is 9.28. The van der Waals surface area contributed by atoms with Gasteiger partial charge < -0.3 is 15.6 Å². The number of fused-ring (bicyclic) bond motifs is 1. The van der Waals surface area contributed by atoms with Gasteiger partial charge in [-0.05, 0) is 30.0 Å². The zero-order valence-electron chi connectivity index (χ0n) is 9.28. The molecule has 0 unspecified atom stereocenters. The van der Waals surface area contributed by atoms with Crippen molar-refractivity contribution in [3.63, 3.8) is 0 Å². The van der Waals surface area contributed by atoms with Crippen molar-refractivity contribution in [3.05, 3.63) is 29.3 Å². The fourth-order valence-electron chi connectivity index (χ4n) is 2.88. The van der Waals surface area contributed by atoms with Crippen LogP contribution in [0.4, 0.5) is 0 Å². The second-order valence-electron chi connectivity index (χ2n) is 4.97. The lowest BCUT2D eigenvalue weighted by atomic mass is 9.62. The molecule has 0 bridgehead atoms. The minimum atomic E-state index is -0.173. The molecular formula is C13H17NO2. The summed E-state index contributed by atoms with van der Waals surface area (Å²) in [6.45, 7) is 1.40. The summed E-state index contributed by atoms with van der Waals surface area (Å²) in [6.07, 6.45) is 2.41. The maximum Gasteiger partial charge on any atom is 0.122 e. The topological polar surface area (TPSA) is 55.5 Å². The third-order valence-electron chi connectivity index (χ3n) is 3.95. The molecule has 1 aromatic rings. The van der Waals surface area contributed by atoms with Gasteiger partial charge in [-0.3, -0.25) is 0 Å². The van der Waals surface area contributed by atoms with Gasteiger partial charge in [0.15, 0.2) is 0 Å². The highest BCUT2D eigenvalue weighted by molar-refractivity contribution is 5.43. The van der Waals surface area contributed by atoms with Gasteiger partial charge >= 0.3 is 0 Å². The van der Waals surface area contributed by atoms with E-state index in [1.165, 1.54) is 11.1 Å². The SMILES string of the molecule is NCC1(c2ccc3c(c2)CCO3)CC(O)C1. The minimum absolute atomic E-state index is 0.0109. The van der Waals surface area contributed by atoms with Crippen LogP contribution < -0.4 is 10.5 Å². The van der Waals surface area contributed by atoms with Crippen LogP contribution in [0.15, 0.2) is 18.2 Å². The fraction of sp³-hybridized carbons (Fsp3) is 0.538. The standard InChI is InChI=1S/C13H17NO2/c14-8-13(6-11(15)7-13)10-1-2-12-9(5-10)3-4-16-12/h1-2,5,11,15H,3-4,6-8,14H2. The molecule has 1 heterocycles. The molecule has 0 spiro atoms. The summed E-state index contributed by atoms with van der Waals surface area (Å²) < 4.78 is 5.49. The maximum absolute atomic E-state index is 9.49. The number of aliphatic hydroxyl groups is 1. The molecule has 0 atom stereocenters. The van der Waals surface area contributed by atoms with E-state index in [0.29, 0.717) is 6.54 Å². The van der Waals surface area contributed by atoms with Crippen LogP contribution in [0, 0.1) is 0 Å². The molecule has 0 aromatic heterocycles. The number of ether oxygens (including phenoxy) is 1. The Labute approximate surface area is 95.2 Å². The van der Waals surface area contributed by atoms with E-state index in [9.17, 15) is 5.11 Å². The molecule has 2 aliphatic rings. The molecule has 1 fully saturated rings. The van der Waals surface area contributed by atoms with Crippen molar-refractivity contribution < 1.29 is 9.84 Å². The summed E-state index contributed by atoms with van der Waals surface area (Å²) in [7, 11) is 0. The Morgan fingerprint density at radius 3 is 2.94 bits per heavy atom. The number of nitrogens with two attached hydrogens (primary N) is 1. The average Bonchev–Trinajstić information content (AvgIpc) is 2.71. The van der Waals surface area contributed by atoms with Crippen molar-refractivity contribution in [2.45, 2.75) is 30.8 Å². The van der Waals surface area contributed by atoms with Crippen molar-refractivity contribution in [2.75, 3.05) is 13.2 Å². The summed E-state index contributed by atoms with van der Waals surface area (Å²) in [5.74, 6) is 1.01. The van der Waals surface area contributed by atoms with E-state index >= 15 is 0 Å². The largest absolute Gasteiger partial charge is 0.493 e. The van der Waals surface area contributed by atoms with Gasteiger partial charge in [0.1, 0.15) is 5.75 Å². The summed E-state index contributed by atoms with van der Waals surface area (Å²) in [5.41, 5.74) is 8.43. The lowest BCUT2D eigenvalue weighted by molar-refractivity contribution is 0.0221. The lowest BCUT2D eigenvalue weighted by Crippen LogP contribution is -2.49. The van der Waals surface area contributed by atoms with Crippen LogP contribution in [0.1, 0.15) is 24.0 Å². The molecule has 1 aliphatic heterocycles. The summed E-state index contributed by atoms with van der Waals surface area (Å²) >= 11 is 0. The predicted octanol–water partition coefficient (Wildman–Crippen LogP) is 0.973. The smallest absolute Gasteiger partial charge is 0.122 e. The van der Waals surface area contributed by atoms with Crippen molar-refractivity contribution in [2.24, 2.45) is 5.73 Å². The fourth-order valence-corrected chi connectivity index (χ4v) is 2.88. The molecule has 1 aromatic carbocycles. The molecule has 16 heavy (non-hydrogen) atoms. The van der Waals surface area contributed by atoms with E-state index in [0.717, 1.165) is 31.6 Å². The average molecular weight is 219 g/mol. The Morgan fingerprint density at radius 1 is 1.44 bits per heavy atom. The first-order chi connectivity index (χ1) is 7.73. The third kappa shape index (κ3) is 1.35. The van der Waals surface area contributed by atoms with Gasteiger partial charge in [-0.25, -0.2) is 0 Å². The summed E-state index contributed by atoms with van der Waals surface area (Å²) in [4.78, 5) is 0. The van der Waals surface area contributed by atoms with Crippen molar-refractivity contribution in [1.82, 2.24) is 0 Å². The van der Waals surface area contributed by atoms with Crippen LogP contribution in [0.3, 0.4) is 0 Å². The second-order valence-corrected chi connectivity index (χ2v) is 4.97. The van der Waals surface area contributed by atoms with Gasteiger partial charge in [0.25, 0.3) is 0 Å². The molecular weight excluding hydrogens is 202 g/mol. The zero-order chi connectivity index (χ0) is 11.2. The number of benzene rings is 1. The van der Waals surface area contributed by atoms with Crippen molar-refractivity contribution in [1.29, 1.82) is 0 Å². The van der Waals surface area contributed by atoms with Gasteiger partial charge in [0, 0.05) is 18.4 Å². The highest BCUT2D eigenvalue weighted by Gasteiger charge is 2.44. The highest BCUT2D eigenvalue weighted by atomic mass is 16.5. The number of hydrogen-bond donors (Lipinski definition) is 2. The molecule has 0 radical (unpaired) electrons. The molecule has 3 nitrogen and oxygen atoms in total. The van der Waals surface area contributed by atoms with E-state index in [4.69, 9.17) is 10.5 Å². The minimum Gasteiger partial charge on any atom is -0.493 e. The number of rotatable bonds is 2. The highest BCUT2D eigenvalue weighted by Crippen LogP contribution is 2.44. The molecule has 86 valence electrons. The van der Waals surface area contributed by atoms with E-state index in [1.54, 1.807) is 0 Å². The Bertz CT molecular complexity index is 410. The van der Waals surface area contributed by atoms with Crippen LogP contribution in [-0.2, 0) is 11.8 Å². The molecule has 3 rings (SSSR count). The van der Waals surface area contributed by atoms with Crippen LogP contribution in [0.25, 0.3) is 0 Å². The van der Waals surface area contributed by atoms with Gasteiger partial charge in [0.05, 0.1) is 12.7 Å². The molecule has 1 aliphatic carbocycles. The third-order valence-corrected chi connectivity index (χ3v) is 3.95. The van der Waals surface area contributed by atoms with Gasteiger partial charge in [0.2, 0.25) is 0 Å². The van der Waals surface area contributed by atoms with Gasteiger partial charge in [-0.2, -0.15) is 0 Å². The molecule has 3 N–H and O–H groups in total.